The van der Waals surface area contributed by atoms with E-state index in [1.165, 1.54) is 6.08 Å². The SMILES string of the molecule is CN(C)c1ccc2cc(-c3ccc(C4=CC(=O)NC4=O)cc3)oc2c1. The van der Waals surface area contributed by atoms with Crippen molar-refractivity contribution in [2.24, 2.45) is 0 Å². The minimum absolute atomic E-state index is 0.363. The second-order valence-electron chi connectivity index (χ2n) is 6.18. The van der Waals surface area contributed by atoms with Gasteiger partial charge in [-0.05, 0) is 23.8 Å². The molecule has 2 amide bonds. The number of anilines is 1. The number of amides is 2. The van der Waals surface area contributed by atoms with Gasteiger partial charge in [0.1, 0.15) is 11.3 Å². The molecule has 0 aliphatic carbocycles. The lowest BCUT2D eigenvalue weighted by molar-refractivity contribution is -0.123. The molecule has 5 heteroatoms. The van der Waals surface area contributed by atoms with E-state index in [1.807, 2.05) is 67.5 Å². The van der Waals surface area contributed by atoms with Gasteiger partial charge in [-0.15, -0.1) is 0 Å². The van der Waals surface area contributed by atoms with Crippen molar-refractivity contribution in [3.8, 4) is 11.3 Å². The molecule has 124 valence electrons. The van der Waals surface area contributed by atoms with Crippen LogP contribution in [0.4, 0.5) is 5.69 Å². The number of fused-ring (bicyclic) bond motifs is 1. The number of nitrogens with zero attached hydrogens (tertiary/aromatic N) is 1. The summed E-state index contributed by atoms with van der Waals surface area (Å²) in [6.07, 6.45) is 1.32. The predicted molar refractivity (Wildman–Crippen MR) is 97.1 cm³/mol. The van der Waals surface area contributed by atoms with Crippen LogP contribution in [-0.4, -0.2) is 25.9 Å². The number of carbonyl (C=O) groups is 2. The highest BCUT2D eigenvalue weighted by Crippen LogP contribution is 2.31. The molecule has 2 heterocycles. The Labute approximate surface area is 144 Å². The van der Waals surface area contributed by atoms with Crippen molar-refractivity contribution in [1.82, 2.24) is 5.32 Å². The summed E-state index contributed by atoms with van der Waals surface area (Å²) in [5.74, 6) is 0.0224. The summed E-state index contributed by atoms with van der Waals surface area (Å²) >= 11 is 0. The molecule has 0 fully saturated rings. The fraction of sp³-hybridized carbons (Fsp3) is 0.100. The highest BCUT2D eigenvalue weighted by atomic mass is 16.3. The molecule has 0 spiro atoms. The van der Waals surface area contributed by atoms with E-state index in [-0.39, 0.29) is 11.8 Å². The van der Waals surface area contributed by atoms with E-state index in [0.717, 1.165) is 28.0 Å². The lowest BCUT2D eigenvalue weighted by Crippen LogP contribution is -2.21. The lowest BCUT2D eigenvalue weighted by Gasteiger charge is -2.11. The zero-order valence-electron chi connectivity index (χ0n) is 13.9. The number of hydrogen-bond acceptors (Lipinski definition) is 4. The minimum atomic E-state index is -0.377. The lowest BCUT2D eigenvalue weighted by atomic mass is 10.0. The first-order valence-electron chi connectivity index (χ1n) is 7.90. The number of nitrogens with one attached hydrogen (secondary N) is 1. The van der Waals surface area contributed by atoms with Crippen LogP contribution in [0.2, 0.25) is 0 Å². The smallest absolute Gasteiger partial charge is 0.258 e. The Kier molecular flexibility index (Phi) is 3.42. The fourth-order valence-electron chi connectivity index (χ4n) is 2.88. The third-order valence-corrected chi connectivity index (χ3v) is 4.26. The molecule has 0 unspecified atom stereocenters. The average Bonchev–Trinajstić information content (AvgIpc) is 3.17. The molecule has 4 rings (SSSR count). The summed E-state index contributed by atoms with van der Waals surface area (Å²) in [6, 6.07) is 15.5. The third kappa shape index (κ3) is 2.70. The Morgan fingerprint density at radius 2 is 1.64 bits per heavy atom. The molecule has 2 aromatic carbocycles. The zero-order chi connectivity index (χ0) is 17.6. The Morgan fingerprint density at radius 1 is 0.920 bits per heavy atom. The number of imide groups is 1. The summed E-state index contributed by atoms with van der Waals surface area (Å²) in [5, 5.41) is 3.29. The second-order valence-corrected chi connectivity index (χ2v) is 6.18. The number of benzene rings is 2. The van der Waals surface area contributed by atoms with Gasteiger partial charge < -0.3 is 9.32 Å². The van der Waals surface area contributed by atoms with E-state index in [9.17, 15) is 9.59 Å². The quantitative estimate of drug-likeness (QED) is 0.748. The first-order chi connectivity index (χ1) is 12.0. The van der Waals surface area contributed by atoms with E-state index in [1.54, 1.807) is 0 Å². The van der Waals surface area contributed by atoms with Crippen molar-refractivity contribution >= 4 is 34.0 Å². The minimum Gasteiger partial charge on any atom is -0.456 e. The summed E-state index contributed by atoms with van der Waals surface area (Å²) in [6.45, 7) is 0. The first-order valence-corrected chi connectivity index (χ1v) is 7.90. The molecule has 1 N–H and O–H groups in total. The van der Waals surface area contributed by atoms with Gasteiger partial charge in [0.15, 0.2) is 0 Å². The van der Waals surface area contributed by atoms with Crippen molar-refractivity contribution in [2.45, 2.75) is 0 Å². The van der Waals surface area contributed by atoms with Crippen molar-refractivity contribution in [1.29, 1.82) is 0 Å². The third-order valence-electron chi connectivity index (χ3n) is 4.26. The van der Waals surface area contributed by atoms with Crippen LogP contribution < -0.4 is 10.2 Å². The van der Waals surface area contributed by atoms with Gasteiger partial charge in [-0.1, -0.05) is 24.3 Å². The topological polar surface area (TPSA) is 62.6 Å². The molecule has 3 aromatic rings. The molecule has 0 bridgehead atoms. The summed E-state index contributed by atoms with van der Waals surface area (Å²) in [7, 11) is 3.98. The molecular weight excluding hydrogens is 316 g/mol. The van der Waals surface area contributed by atoms with Gasteiger partial charge in [0.25, 0.3) is 11.8 Å². The number of furan rings is 1. The van der Waals surface area contributed by atoms with Crippen LogP contribution >= 0.6 is 0 Å². The predicted octanol–water partition coefficient (Wildman–Crippen LogP) is 3.21. The molecule has 1 aromatic heterocycles. The fourth-order valence-corrected chi connectivity index (χ4v) is 2.88. The maximum absolute atomic E-state index is 11.7. The molecule has 0 radical (unpaired) electrons. The molecule has 1 aliphatic rings. The van der Waals surface area contributed by atoms with Gasteiger partial charge in [0.05, 0.1) is 5.57 Å². The van der Waals surface area contributed by atoms with Gasteiger partial charge in [0.2, 0.25) is 0 Å². The van der Waals surface area contributed by atoms with Crippen LogP contribution in [0.1, 0.15) is 5.56 Å². The monoisotopic (exact) mass is 332 g/mol. The van der Waals surface area contributed by atoms with Crippen LogP contribution in [0.3, 0.4) is 0 Å². The largest absolute Gasteiger partial charge is 0.456 e. The van der Waals surface area contributed by atoms with E-state index >= 15 is 0 Å². The van der Waals surface area contributed by atoms with Crippen molar-refractivity contribution < 1.29 is 14.0 Å². The summed E-state index contributed by atoms with van der Waals surface area (Å²) < 4.78 is 5.97. The molecule has 1 aliphatic heterocycles. The van der Waals surface area contributed by atoms with Crippen LogP contribution in [0, 0.1) is 0 Å². The maximum atomic E-state index is 11.7. The Bertz CT molecular complexity index is 1030. The van der Waals surface area contributed by atoms with E-state index in [0.29, 0.717) is 11.1 Å². The maximum Gasteiger partial charge on any atom is 0.258 e. The molecule has 5 nitrogen and oxygen atoms in total. The molecule has 0 saturated heterocycles. The molecule has 25 heavy (non-hydrogen) atoms. The zero-order valence-corrected chi connectivity index (χ0v) is 13.9. The van der Waals surface area contributed by atoms with Gasteiger partial charge in [-0.3, -0.25) is 14.9 Å². The molecule has 0 saturated carbocycles. The van der Waals surface area contributed by atoms with E-state index in [4.69, 9.17) is 4.42 Å². The van der Waals surface area contributed by atoms with Gasteiger partial charge in [0, 0.05) is 42.9 Å². The molecular formula is C20H16N2O3. The van der Waals surface area contributed by atoms with E-state index in [2.05, 4.69) is 5.32 Å². The van der Waals surface area contributed by atoms with Crippen molar-refractivity contribution in [3.05, 3.63) is 60.2 Å². The summed E-state index contributed by atoms with van der Waals surface area (Å²) in [4.78, 5) is 25.0. The van der Waals surface area contributed by atoms with E-state index < -0.39 is 0 Å². The first kappa shape index (κ1) is 15.2. The number of carbonyl (C=O) groups excluding carboxylic acids is 2. The average molecular weight is 332 g/mol. The highest BCUT2D eigenvalue weighted by molar-refractivity contribution is 6.33. The highest BCUT2D eigenvalue weighted by Gasteiger charge is 2.22. The molecule has 0 atom stereocenters. The Morgan fingerprint density at radius 3 is 2.28 bits per heavy atom. The number of hydrogen-bond donors (Lipinski definition) is 1. The normalized spacial score (nSPS) is 13.9. The van der Waals surface area contributed by atoms with Gasteiger partial charge >= 0.3 is 0 Å². The van der Waals surface area contributed by atoms with Crippen molar-refractivity contribution in [2.75, 3.05) is 19.0 Å². The number of rotatable bonds is 3. The van der Waals surface area contributed by atoms with Crippen LogP contribution in [0.25, 0.3) is 27.9 Å². The van der Waals surface area contributed by atoms with Crippen LogP contribution in [0.5, 0.6) is 0 Å². The Balaban J connectivity index is 1.68. The van der Waals surface area contributed by atoms with Crippen LogP contribution in [0.15, 0.2) is 59.0 Å². The van der Waals surface area contributed by atoms with Gasteiger partial charge in [-0.25, -0.2) is 0 Å². The van der Waals surface area contributed by atoms with Crippen molar-refractivity contribution in [3.63, 3.8) is 0 Å². The summed E-state index contributed by atoms with van der Waals surface area (Å²) in [5.41, 5.74) is 3.91. The standard InChI is InChI=1S/C20H16N2O3/c1-22(2)15-8-7-14-9-17(25-18(14)10-15)13-5-3-12(4-6-13)16-11-19(23)21-20(16)24/h3-11H,1-2H3,(H,21,23,24). The van der Waals surface area contributed by atoms with Crippen LogP contribution in [-0.2, 0) is 9.59 Å². The van der Waals surface area contributed by atoms with Gasteiger partial charge in [-0.2, -0.15) is 0 Å². The second kappa shape index (κ2) is 5.63. The Hall–Kier alpha value is -3.34.